The Hall–Kier alpha value is -1.11. The minimum atomic E-state index is -1.21. The third-order valence-corrected chi connectivity index (χ3v) is 3.15. The van der Waals surface area contributed by atoms with Crippen molar-refractivity contribution >= 4 is 0 Å². The van der Waals surface area contributed by atoms with E-state index in [1.807, 2.05) is 0 Å². The third-order valence-electron chi connectivity index (χ3n) is 3.15. The normalized spacial score (nSPS) is 16.4. The zero-order valence-corrected chi connectivity index (χ0v) is 11.0. The topological polar surface area (TPSA) is 41.5 Å². The van der Waals surface area contributed by atoms with Crippen LogP contribution in [0.25, 0.3) is 0 Å². The zero-order chi connectivity index (χ0) is 14.5. The Morgan fingerprint density at radius 3 is 2.60 bits per heavy atom. The lowest BCUT2D eigenvalue weighted by Gasteiger charge is -2.12. The molecule has 0 aliphatic heterocycles. The number of benzene rings is 1. The minimum absolute atomic E-state index is 0.0166. The molecular weight excluding hydrogens is 271 g/mol. The van der Waals surface area contributed by atoms with Crippen molar-refractivity contribution in [3.05, 3.63) is 35.1 Å². The van der Waals surface area contributed by atoms with Gasteiger partial charge in [-0.25, -0.2) is 13.2 Å². The number of hydrogen-bond donors (Lipinski definition) is 2. The largest absolute Gasteiger partial charge is 0.389 e. The van der Waals surface area contributed by atoms with Crippen LogP contribution in [0, 0.1) is 23.4 Å². The average Bonchev–Trinajstić information content (AvgIpc) is 3.19. The van der Waals surface area contributed by atoms with Crippen LogP contribution in [0.2, 0.25) is 0 Å². The maximum absolute atomic E-state index is 13.3. The van der Waals surface area contributed by atoms with Gasteiger partial charge in [-0.3, -0.25) is 0 Å². The first-order valence-electron chi connectivity index (χ1n) is 6.66. The molecule has 0 aromatic heterocycles. The van der Waals surface area contributed by atoms with Gasteiger partial charge >= 0.3 is 0 Å². The molecule has 1 atom stereocenters. The van der Waals surface area contributed by atoms with Crippen molar-refractivity contribution in [1.82, 2.24) is 5.32 Å². The van der Waals surface area contributed by atoms with Crippen LogP contribution in [0.1, 0.15) is 18.4 Å². The van der Waals surface area contributed by atoms with Crippen molar-refractivity contribution in [2.45, 2.75) is 25.5 Å². The second-order valence-corrected chi connectivity index (χ2v) is 5.12. The summed E-state index contributed by atoms with van der Waals surface area (Å²) in [7, 11) is 0. The monoisotopic (exact) mass is 289 g/mol. The Bertz CT molecular complexity index is 452. The van der Waals surface area contributed by atoms with Crippen LogP contribution in [-0.4, -0.2) is 31.0 Å². The Labute approximate surface area is 115 Å². The molecule has 1 saturated carbocycles. The maximum atomic E-state index is 13.3. The number of aliphatic hydroxyl groups excluding tert-OH is 1. The predicted octanol–water partition coefficient (Wildman–Crippen LogP) is 1.98. The molecule has 0 radical (unpaired) electrons. The van der Waals surface area contributed by atoms with E-state index in [0.29, 0.717) is 18.6 Å². The lowest BCUT2D eigenvalue weighted by Crippen LogP contribution is -2.30. The van der Waals surface area contributed by atoms with Crippen molar-refractivity contribution in [3.63, 3.8) is 0 Å². The van der Waals surface area contributed by atoms with E-state index in [4.69, 9.17) is 4.74 Å². The van der Waals surface area contributed by atoms with Crippen molar-refractivity contribution in [2.24, 2.45) is 5.92 Å². The quantitative estimate of drug-likeness (QED) is 0.719. The summed E-state index contributed by atoms with van der Waals surface area (Å²) in [6.07, 6.45) is 1.66. The van der Waals surface area contributed by atoms with Crippen LogP contribution in [0.5, 0.6) is 0 Å². The van der Waals surface area contributed by atoms with Crippen LogP contribution in [0.4, 0.5) is 13.2 Å². The number of nitrogens with one attached hydrogen (secondary N) is 1. The van der Waals surface area contributed by atoms with Crippen LogP contribution >= 0.6 is 0 Å². The summed E-state index contributed by atoms with van der Waals surface area (Å²) in [5.74, 6) is -2.47. The fraction of sp³-hybridized carbons (Fsp3) is 0.571. The molecule has 2 rings (SSSR count). The molecule has 20 heavy (non-hydrogen) atoms. The Balaban J connectivity index is 1.67. The fourth-order valence-corrected chi connectivity index (χ4v) is 1.79. The van der Waals surface area contributed by atoms with Gasteiger partial charge in [0.25, 0.3) is 0 Å². The second kappa shape index (κ2) is 7.06. The number of rotatable bonds is 8. The van der Waals surface area contributed by atoms with Gasteiger partial charge in [0.15, 0.2) is 11.6 Å². The molecular formula is C14H18F3NO2. The molecule has 1 fully saturated rings. The van der Waals surface area contributed by atoms with Crippen molar-refractivity contribution in [2.75, 3.05) is 19.8 Å². The van der Waals surface area contributed by atoms with E-state index in [1.165, 1.54) is 12.8 Å². The molecule has 0 bridgehead atoms. The zero-order valence-electron chi connectivity index (χ0n) is 11.0. The lowest BCUT2D eigenvalue weighted by molar-refractivity contribution is 0.0324. The molecule has 0 spiro atoms. The van der Waals surface area contributed by atoms with Gasteiger partial charge in [0.2, 0.25) is 0 Å². The van der Waals surface area contributed by atoms with Crippen LogP contribution in [-0.2, 0) is 11.3 Å². The highest BCUT2D eigenvalue weighted by atomic mass is 19.2. The molecule has 2 N–H and O–H groups in total. The molecule has 1 aromatic rings. The summed E-state index contributed by atoms with van der Waals surface area (Å²) in [6.45, 7) is 1.09. The molecule has 0 amide bonds. The molecule has 1 aliphatic carbocycles. The molecule has 0 saturated heterocycles. The number of ether oxygens (including phenoxy) is 1. The molecule has 1 unspecified atom stereocenters. The highest BCUT2D eigenvalue weighted by molar-refractivity contribution is 5.19. The standard InChI is InChI=1S/C14H18F3NO2/c15-12-4-14(17)13(16)3-10(12)5-18-6-11(19)8-20-7-9-1-2-9/h3-4,9,11,18-19H,1-2,5-8H2. The first kappa shape index (κ1) is 15.3. The van der Waals surface area contributed by atoms with Crippen molar-refractivity contribution in [3.8, 4) is 0 Å². The Morgan fingerprint density at radius 1 is 1.20 bits per heavy atom. The van der Waals surface area contributed by atoms with Gasteiger partial charge in [-0.05, 0) is 24.8 Å². The van der Waals surface area contributed by atoms with Gasteiger partial charge in [-0.2, -0.15) is 0 Å². The number of hydrogen-bond acceptors (Lipinski definition) is 3. The van der Waals surface area contributed by atoms with Crippen molar-refractivity contribution < 1.29 is 23.0 Å². The SMILES string of the molecule is OC(CNCc1cc(F)c(F)cc1F)COCC1CC1. The summed E-state index contributed by atoms with van der Waals surface area (Å²) in [5, 5.41) is 12.4. The van der Waals surface area contributed by atoms with Gasteiger partial charge in [0.05, 0.1) is 12.7 Å². The molecule has 3 nitrogen and oxygen atoms in total. The van der Waals surface area contributed by atoms with Crippen LogP contribution in [0.3, 0.4) is 0 Å². The predicted molar refractivity (Wildman–Crippen MR) is 67.6 cm³/mol. The van der Waals surface area contributed by atoms with E-state index >= 15 is 0 Å². The lowest BCUT2D eigenvalue weighted by atomic mass is 10.2. The summed E-state index contributed by atoms with van der Waals surface area (Å²) in [6, 6.07) is 1.33. The molecule has 1 aromatic carbocycles. The van der Waals surface area contributed by atoms with Gasteiger partial charge in [-0.15, -0.1) is 0 Å². The molecule has 0 heterocycles. The highest BCUT2D eigenvalue weighted by Gasteiger charge is 2.21. The highest BCUT2D eigenvalue weighted by Crippen LogP contribution is 2.28. The van der Waals surface area contributed by atoms with Gasteiger partial charge < -0.3 is 15.2 Å². The summed E-state index contributed by atoms with van der Waals surface area (Å²) in [4.78, 5) is 0. The smallest absolute Gasteiger partial charge is 0.161 e. The summed E-state index contributed by atoms with van der Waals surface area (Å²) < 4.78 is 44.3. The maximum Gasteiger partial charge on any atom is 0.161 e. The average molecular weight is 289 g/mol. The van der Waals surface area contributed by atoms with E-state index < -0.39 is 23.6 Å². The van der Waals surface area contributed by atoms with Crippen LogP contribution in [0.15, 0.2) is 12.1 Å². The molecule has 112 valence electrons. The Kier molecular flexibility index (Phi) is 5.39. The van der Waals surface area contributed by atoms with Crippen LogP contribution < -0.4 is 5.32 Å². The summed E-state index contributed by atoms with van der Waals surface area (Å²) >= 11 is 0. The van der Waals surface area contributed by atoms with Gasteiger partial charge in [-0.1, -0.05) is 0 Å². The fourth-order valence-electron chi connectivity index (χ4n) is 1.79. The van der Waals surface area contributed by atoms with E-state index in [2.05, 4.69) is 5.32 Å². The van der Waals surface area contributed by atoms with Crippen molar-refractivity contribution in [1.29, 1.82) is 0 Å². The molecule has 1 aliphatic rings. The number of halogens is 3. The van der Waals surface area contributed by atoms with Gasteiger partial charge in [0, 0.05) is 31.3 Å². The third kappa shape index (κ3) is 4.77. The number of aliphatic hydroxyl groups is 1. The molecule has 6 heteroatoms. The first-order valence-corrected chi connectivity index (χ1v) is 6.66. The minimum Gasteiger partial charge on any atom is -0.389 e. The van der Waals surface area contributed by atoms with E-state index in [9.17, 15) is 18.3 Å². The van der Waals surface area contributed by atoms with E-state index in [1.54, 1.807) is 0 Å². The summed E-state index contributed by atoms with van der Waals surface area (Å²) in [5.41, 5.74) is 0.0231. The second-order valence-electron chi connectivity index (χ2n) is 5.12. The Morgan fingerprint density at radius 2 is 1.90 bits per heavy atom. The first-order chi connectivity index (χ1) is 9.56. The van der Waals surface area contributed by atoms with E-state index in [0.717, 1.165) is 6.07 Å². The van der Waals surface area contributed by atoms with Gasteiger partial charge in [0.1, 0.15) is 5.82 Å². The van der Waals surface area contributed by atoms with E-state index in [-0.39, 0.29) is 25.3 Å².